The lowest BCUT2D eigenvalue weighted by atomic mass is 10.0. The van der Waals surface area contributed by atoms with Crippen LogP contribution in [-0.2, 0) is 4.74 Å². The van der Waals surface area contributed by atoms with Gasteiger partial charge in [0.05, 0.1) is 17.6 Å². The molecule has 18 heavy (non-hydrogen) atoms. The molecule has 5 heteroatoms. The Bertz CT molecular complexity index is 354. The van der Waals surface area contributed by atoms with E-state index in [9.17, 15) is 0 Å². The Morgan fingerprint density at radius 1 is 1.44 bits per heavy atom. The van der Waals surface area contributed by atoms with Crippen molar-refractivity contribution in [1.82, 2.24) is 4.98 Å². The number of nitrogen functional groups attached to an aromatic ring is 1. The standard InChI is InChI=1S/C11H16ClN3O.C2H6/c12-11-5-10(9(13)7-15-11)14-6-8-1-3-16-4-2-8;1-2/h5,7-8H,1-4,6,13H2,(H,14,15);1-2H3. The molecule has 1 aliphatic rings. The van der Waals surface area contributed by atoms with Crippen LogP contribution in [0.3, 0.4) is 0 Å². The molecule has 0 amide bonds. The third kappa shape index (κ3) is 4.70. The second-order valence-corrected chi connectivity index (χ2v) is 4.42. The summed E-state index contributed by atoms with van der Waals surface area (Å²) in [4.78, 5) is 3.91. The first kappa shape index (κ1) is 15.1. The van der Waals surface area contributed by atoms with Gasteiger partial charge in [-0.2, -0.15) is 0 Å². The van der Waals surface area contributed by atoms with E-state index < -0.39 is 0 Å². The molecule has 102 valence electrons. The van der Waals surface area contributed by atoms with E-state index in [4.69, 9.17) is 22.1 Å². The molecule has 0 spiro atoms. The lowest BCUT2D eigenvalue weighted by Gasteiger charge is -2.23. The molecule has 1 aromatic rings. The van der Waals surface area contributed by atoms with Crippen molar-refractivity contribution in [3.8, 4) is 0 Å². The molecule has 0 atom stereocenters. The van der Waals surface area contributed by atoms with Gasteiger partial charge >= 0.3 is 0 Å². The molecule has 1 aliphatic heterocycles. The first-order valence-corrected chi connectivity index (χ1v) is 6.86. The van der Waals surface area contributed by atoms with Gasteiger partial charge in [-0.25, -0.2) is 4.98 Å². The lowest BCUT2D eigenvalue weighted by Crippen LogP contribution is -2.22. The number of halogens is 1. The molecule has 0 aliphatic carbocycles. The molecule has 0 radical (unpaired) electrons. The highest BCUT2D eigenvalue weighted by Crippen LogP contribution is 2.22. The molecule has 1 saturated heterocycles. The van der Waals surface area contributed by atoms with E-state index in [0.29, 0.717) is 16.8 Å². The Kier molecular flexibility index (Phi) is 6.83. The predicted molar refractivity (Wildman–Crippen MR) is 77.0 cm³/mol. The Morgan fingerprint density at radius 2 is 2.11 bits per heavy atom. The van der Waals surface area contributed by atoms with Gasteiger partial charge in [0.25, 0.3) is 0 Å². The number of nitrogens with two attached hydrogens (primary N) is 1. The average Bonchev–Trinajstić information content (AvgIpc) is 2.43. The molecule has 0 bridgehead atoms. The predicted octanol–water partition coefficient (Wildman–Crippen LogP) is 3.18. The summed E-state index contributed by atoms with van der Waals surface area (Å²) in [6.07, 6.45) is 3.78. The van der Waals surface area contributed by atoms with E-state index in [2.05, 4.69) is 10.3 Å². The van der Waals surface area contributed by atoms with Crippen LogP contribution in [-0.4, -0.2) is 24.7 Å². The summed E-state index contributed by atoms with van der Waals surface area (Å²) in [7, 11) is 0. The van der Waals surface area contributed by atoms with Crippen LogP contribution in [0.25, 0.3) is 0 Å². The van der Waals surface area contributed by atoms with Crippen molar-refractivity contribution in [3.05, 3.63) is 17.4 Å². The number of pyridine rings is 1. The van der Waals surface area contributed by atoms with E-state index in [0.717, 1.165) is 38.3 Å². The van der Waals surface area contributed by atoms with Gasteiger partial charge in [-0.05, 0) is 18.8 Å². The molecule has 3 N–H and O–H groups in total. The maximum absolute atomic E-state index is 5.81. The van der Waals surface area contributed by atoms with Crippen molar-refractivity contribution in [2.75, 3.05) is 30.8 Å². The summed E-state index contributed by atoms with van der Waals surface area (Å²) in [5, 5.41) is 3.78. The Hall–Kier alpha value is -1.00. The molecule has 0 unspecified atom stereocenters. The largest absolute Gasteiger partial charge is 0.396 e. The minimum atomic E-state index is 0.462. The molecule has 2 rings (SSSR count). The highest BCUT2D eigenvalue weighted by Gasteiger charge is 2.13. The molecule has 4 nitrogen and oxygen atoms in total. The van der Waals surface area contributed by atoms with Crippen molar-refractivity contribution >= 4 is 23.0 Å². The van der Waals surface area contributed by atoms with Gasteiger partial charge in [0.1, 0.15) is 5.15 Å². The van der Waals surface area contributed by atoms with Gasteiger partial charge in [-0.3, -0.25) is 0 Å². The third-order valence-electron chi connectivity index (χ3n) is 2.82. The molecule has 0 saturated carbocycles. The van der Waals surface area contributed by atoms with E-state index in [1.807, 2.05) is 13.8 Å². The quantitative estimate of drug-likeness (QED) is 0.829. The summed E-state index contributed by atoms with van der Waals surface area (Å²) in [5.41, 5.74) is 7.30. The number of nitrogens with zero attached hydrogens (tertiary/aromatic N) is 1. The molecule has 1 fully saturated rings. The van der Waals surface area contributed by atoms with E-state index in [-0.39, 0.29) is 0 Å². The smallest absolute Gasteiger partial charge is 0.131 e. The molecule has 1 aromatic heterocycles. The number of nitrogens with one attached hydrogen (secondary N) is 1. The highest BCUT2D eigenvalue weighted by molar-refractivity contribution is 6.29. The van der Waals surface area contributed by atoms with Crippen LogP contribution in [0, 0.1) is 5.92 Å². The van der Waals surface area contributed by atoms with Gasteiger partial charge in [0.2, 0.25) is 0 Å². The number of aromatic nitrogens is 1. The zero-order chi connectivity index (χ0) is 13.4. The monoisotopic (exact) mass is 271 g/mol. The summed E-state index contributed by atoms with van der Waals surface area (Å²) in [6.45, 7) is 6.63. The fourth-order valence-corrected chi connectivity index (χ4v) is 1.96. The van der Waals surface area contributed by atoms with Gasteiger partial charge < -0.3 is 15.8 Å². The van der Waals surface area contributed by atoms with Crippen LogP contribution in [0.5, 0.6) is 0 Å². The number of ether oxygens (including phenoxy) is 1. The lowest BCUT2D eigenvalue weighted by molar-refractivity contribution is 0.0699. The van der Waals surface area contributed by atoms with E-state index >= 15 is 0 Å². The third-order valence-corrected chi connectivity index (χ3v) is 3.03. The average molecular weight is 272 g/mol. The second kappa shape index (κ2) is 8.16. The topological polar surface area (TPSA) is 60.2 Å². The summed E-state index contributed by atoms with van der Waals surface area (Å²) >= 11 is 5.81. The Balaban J connectivity index is 0.000000771. The number of anilines is 2. The van der Waals surface area contributed by atoms with Crippen molar-refractivity contribution in [2.24, 2.45) is 5.92 Å². The summed E-state index contributed by atoms with van der Waals surface area (Å²) in [5.74, 6) is 0.653. The Morgan fingerprint density at radius 3 is 2.78 bits per heavy atom. The van der Waals surface area contributed by atoms with Crippen LogP contribution < -0.4 is 11.1 Å². The number of rotatable bonds is 3. The molecule has 2 heterocycles. The first-order valence-electron chi connectivity index (χ1n) is 6.48. The van der Waals surface area contributed by atoms with Crippen molar-refractivity contribution < 1.29 is 4.74 Å². The van der Waals surface area contributed by atoms with Crippen molar-refractivity contribution in [3.63, 3.8) is 0 Å². The summed E-state index contributed by atoms with van der Waals surface area (Å²) < 4.78 is 5.31. The first-order chi connectivity index (χ1) is 8.75. The van der Waals surface area contributed by atoms with Crippen LogP contribution in [0.4, 0.5) is 11.4 Å². The maximum Gasteiger partial charge on any atom is 0.131 e. The molecule has 0 aromatic carbocycles. The van der Waals surface area contributed by atoms with Gasteiger partial charge in [-0.15, -0.1) is 0 Å². The maximum atomic E-state index is 5.81. The van der Waals surface area contributed by atoms with Crippen molar-refractivity contribution in [2.45, 2.75) is 26.7 Å². The molecular weight excluding hydrogens is 250 g/mol. The van der Waals surface area contributed by atoms with Gasteiger partial charge in [-0.1, -0.05) is 25.4 Å². The molecular formula is C13H22ClN3O. The van der Waals surface area contributed by atoms with Crippen LogP contribution in [0.2, 0.25) is 5.15 Å². The van der Waals surface area contributed by atoms with Gasteiger partial charge in [0.15, 0.2) is 0 Å². The minimum Gasteiger partial charge on any atom is -0.396 e. The van der Waals surface area contributed by atoms with Crippen LogP contribution >= 0.6 is 11.6 Å². The fraction of sp³-hybridized carbons (Fsp3) is 0.615. The normalized spacial score (nSPS) is 15.7. The second-order valence-electron chi connectivity index (χ2n) is 4.03. The van der Waals surface area contributed by atoms with Crippen LogP contribution in [0.1, 0.15) is 26.7 Å². The number of hydrogen-bond donors (Lipinski definition) is 2. The minimum absolute atomic E-state index is 0.462. The zero-order valence-electron chi connectivity index (χ0n) is 11.1. The Labute approximate surface area is 114 Å². The van der Waals surface area contributed by atoms with E-state index in [1.165, 1.54) is 0 Å². The summed E-state index contributed by atoms with van der Waals surface area (Å²) in [6, 6.07) is 1.76. The van der Waals surface area contributed by atoms with E-state index in [1.54, 1.807) is 12.3 Å². The number of hydrogen-bond acceptors (Lipinski definition) is 4. The van der Waals surface area contributed by atoms with Gasteiger partial charge in [0, 0.05) is 25.8 Å². The van der Waals surface area contributed by atoms with Crippen molar-refractivity contribution in [1.29, 1.82) is 0 Å². The highest BCUT2D eigenvalue weighted by atomic mass is 35.5. The zero-order valence-corrected chi connectivity index (χ0v) is 11.8. The van der Waals surface area contributed by atoms with Crippen LogP contribution in [0.15, 0.2) is 12.3 Å². The SMILES string of the molecule is CC.Nc1cnc(Cl)cc1NCC1CCOCC1. The fourth-order valence-electron chi connectivity index (χ4n) is 1.80.